The summed E-state index contributed by atoms with van der Waals surface area (Å²) in [4.78, 5) is 0. The zero-order valence-electron chi connectivity index (χ0n) is 25.0. The minimum atomic E-state index is -0.107. The predicted octanol–water partition coefficient (Wildman–Crippen LogP) is 7.89. The number of ether oxygens (including phenoxy) is 4. The van der Waals surface area contributed by atoms with Gasteiger partial charge in [-0.15, -0.1) is 13.2 Å². The third-order valence-corrected chi connectivity index (χ3v) is 5.88. The highest BCUT2D eigenvalue weighted by Gasteiger charge is 2.25. The van der Waals surface area contributed by atoms with E-state index in [-0.39, 0.29) is 5.41 Å². The number of aryl methyl sites for hydroxylation is 1. The molecule has 4 heteroatoms. The molecule has 0 bridgehead atoms. The Labute approximate surface area is 227 Å². The second kappa shape index (κ2) is 19.7. The summed E-state index contributed by atoms with van der Waals surface area (Å²) in [6.45, 7) is 25.3. The van der Waals surface area contributed by atoms with Crippen molar-refractivity contribution in [2.24, 2.45) is 0 Å². The smallest absolute Gasteiger partial charge is 0.122 e. The van der Waals surface area contributed by atoms with Crippen LogP contribution in [-0.2, 0) is 32.5 Å². The second-order valence-electron chi connectivity index (χ2n) is 8.83. The average Bonchev–Trinajstić information content (AvgIpc) is 3.74. The van der Waals surface area contributed by atoms with Crippen LogP contribution in [0.1, 0.15) is 69.4 Å². The van der Waals surface area contributed by atoms with E-state index in [0.29, 0.717) is 19.3 Å². The van der Waals surface area contributed by atoms with Crippen molar-refractivity contribution < 1.29 is 18.9 Å². The first-order valence-corrected chi connectivity index (χ1v) is 13.5. The van der Waals surface area contributed by atoms with Crippen molar-refractivity contribution in [3.05, 3.63) is 89.5 Å². The van der Waals surface area contributed by atoms with Crippen molar-refractivity contribution in [2.45, 2.75) is 72.8 Å². The van der Waals surface area contributed by atoms with Gasteiger partial charge in [0.05, 0.1) is 19.8 Å². The number of rotatable bonds is 12. The SMILES string of the molecule is C=CCc1cc(C(C)(C)c2ccc(OCCOC)c(CC=C)c2)ccc1C.CC.CC.COCC1CO1. The summed E-state index contributed by atoms with van der Waals surface area (Å²) < 4.78 is 20.5. The largest absolute Gasteiger partial charge is 0.491 e. The van der Waals surface area contributed by atoms with Crippen LogP contribution in [-0.4, -0.2) is 46.8 Å². The van der Waals surface area contributed by atoms with Crippen LogP contribution in [0, 0.1) is 6.92 Å². The van der Waals surface area contributed by atoms with Crippen LogP contribution in [0.5, 0.6) is 5.75 Å². The van der Waals surface area contributed by atoms with Crippen molar-refractivity contribution >= 4 is 0 Å². The normalized spacial score (nSPS) is 13.5. The van der Waals surface area contributed by atoms with Crippen molar-refractivity contribution in [3.63, 3.8) is 0 Å². The molecule has 0 aromatic heterocycles. The van der Waals surface area contributed by atoms with E-state index in [1.54, 1.807) is 14.2 Å². The van der Waals surface area contributed by atoms with Gasteiger partial charge in [-0.1, -0.05) is 84.0 Å². The standard InChI is InChI=1S/C25H32O2.C4H8O2.2C2H6/c1-7-9-20-17-22(12-11-19(20)3)25(4,5)23-13-14-24(27-16-15-26-6)21(18-23)10-8-2;1-5-2-4-3-6-4;2*1-2/h7-8,11-14,17-18H,1-2,9-10,15-16H2,3-6H3;4H,2-3H2,1H3;2*1-2H3. The summed E-state index contributed by atoms with van der Waals surface area (Å²) in [7, 11) is 3.36. The van der Waals surface area contributed by atoms with Crippen LogP contribution in [0.3, 0.4) is 0 Å². The van der Waals surface area contributed by atoms with E-state index in [1.807, 2.05) is 39.8 Å². The molecule has 1 unspecified atom stereocenters. The number of hydrogen-bond acceptors (Lipinski definition) is 4. The first kappa shape index (κ1) is 34.6. The Kier molecular flexibility index (Phi) is 18.4. The third-order valence-electron chi connectivity index (χ3n) is 5.88. The number of hydrogen-bond donors (Lipinski definition) is 0. The number of benzene rings is 2. The van der Waals surface area contributed by atoms with Crippen LogP contribution >= 0.6 is 0 Å². The van der Waals surface area contributed by atoms with E-state index in [9.17, 15) is 0 Å². The van der Waals surface area contributed by atoms with Gasteiger partial charge in [-0.05, 0) is 53.6 Å². The fourth-order valence-corrected chi connectivity index (χ4v) is 3.61. The highest BCUT2D eigenvalue weighted by Crippen LogP contribution is 2.35. The zero-order chi connectivity index (χ0) is 28.3. The first-order chi connectivity index (χ1) is 17.9. The molecule has 0 spiro atoms. The Balaban J connectivity index is 0.00000110. The zero-order valence-corrected chi connectivity index (χ0v) is 25.0. The van der Waals surface area contributed by atoms with E-state index in [0.717, 1.165) is 37.4 Å². The molecule has 0 radical (unpaired) electrons. The fourth-order valence-electron chi connectivity index (χ4n) is 3.61. The number of epoxide rings is 1. The summed E-state index contributed by atoms with van der Waals surface area (Å²) in [5, 5.41) is 0. The van der Waals surface area contributed by atoms with Gasteiger partial charge >= 0.3 is 0 Å². The second-order valence-corrected chi connectivity index (χ2v) is 8.83. The molecule has 4 nitrogen and oxygen atoms in total. The number of methoxy groups -OCH3 is 2. The van der Waals surface area contributed by atoms with Gasteiger partial charge in [-0.25, -0.2) is 0 Å². The molecular weight excluding hydrogens is 460 g/mol. The lowest BCUT2D eigenvalue weighted by Crippen LogP contribution is -2.20. The molecule has 0 saturated carbocycles. The molecule has 0 amide bonds. The molecule has 1 aliphatic heterocycles. The van der Waals surface area contributed by atoms with Gasteiger partial charge in [-0.2, -0.15) is 0 Å². The lowest BCUT2D eigenvalue weighted by molar-refractivity contribution is 0.146. The Bertz CT molecular complexity index is 897. The third kappa shape index (κ3) is 12.1. The molecule has 208 valence electrons. The molecule has 37 heavy (non-hydrogen) atoms. The lowest BCUT2D eigenvalue weighted by Gasteiger charge is -2.28. The molecule has 1 aliphatic rings. The maximum absolute atomic E-state index is 5.89. The van der Waals surface area contributed by atoms with Crippen molar-refractivity contribution in [1.29, 1.82) is 0 Å². The van der Waals surface area contributed by atoms with Crippen molar-refractivity contribution in [2.75, 3.05) is 40.6 Å². The van der Waals surface area contributed by atoms with E-state index >= 15 is 0 Å². The Morgan fingerprint density at radius 1 is 0.865 bits per heavy atom. The summed E-state index contributed by atoms with van der Waals surface area (Å²) >= 11 is 0. The van der Waals surface area contributed by atoms with Gasteiger partial charge < -0.3 is 18.9 Å². The van der Waals surface area contributed by atoms with Crippen LogP contribution in [0.15, 0.2) is 61.7 Å². The predicted molar refractivity (Wildman–Crippen MR) is 159 cm³/mol. The molecule has 3 rings (SSSR count). The minimum absolute atomic E-state index is 0.107. The van der Waals surface area contributed by atoms with Gasteiger partial charge in [0, 0.05) is 19.6 Å². The molecule has 1 atom stereocenters. The van der Waals surface area contributed by atoms with Crippen LogP contribution in [0.25, 0.3) is 0 Å². The molecule has 1 saturated heterocycles. The first-order valence-electron chi connectivity index (χ1n) is 13.5. The highest BCUT2D eigenvalue weighted by atomic mass is 16.6. The lowest BCUT2D eigenvalue weighted by atomic mass is 9.76. The average molecular weight is 513 g/mol. The van der Waals surface area contributed by atoms with Crippen LogP contribution < -0.4 is 4.74 Å². The molecule has 0 aliphatic carbocycles. The van der Waals surface area contributed by atoms with E-state index in [4.69, 9.17) is 18.9 Å². The molecule has 1 fully saturated rings. The van der Waals surface area contributed by atoms with Gasteiger partial charge in [0.2, 0.25) is 0 Å². The Morgan fingerprint density at radius 3 is 1.89 bits per heavy atom. The van der Waals surface area contributed by atoms with Crippen molar-refractivity contribution in [1.82, 2.24) is 0 Å². The summed E-state index contributed by atoms with van der Waals surface area (Å²) in [5.41, 5.74) is 6.27. The van der Waals surface area contributed by atoms with E-state index in [1.165, 1.54) is 22.3 Å². The summed E-state index contributed by atoms with van der Waals surface area (Å²) in [6.07, 6.45) is 5.98. The quantitative estimate of drug-likeness (QED) is 0.165. The molecule has 0 N–H and O–H groups in total. The Hall–Kier alpha value is -2.40. The monoisotopic (exact) mass is 512 g/mol. The van der Waals surface area contributed by atoms with Crippen LogP contribution in [0.4, 0.5) is 0 Å². The maximum atomic E-state index is 5.89. The molecule has 2 aromatic carbocycles. The fraction of sp³-hybridized carbons (Fsp3) is 0.515. The van der Waals surface area contributed by atoms with E-state index < -0.39 is 0 Å². The molecule has 2 aromatic rings. The summed E-state index contributed by atoms with van der Waals surface area (Å²) in [5.74, 6) is 0.905. The minimum Gasteiger partial charge on any atom is -0.491 e. The molecular formula is C33H52O4. The van der Waals surface area contributed by atoms with Gasteiger partial charge in [0.25, 0.3) is 0 Å². The van der Waals surface area contributed by atoms with Gasteiger partial charge in [0.15, 0.2) is 0 Å². The maximum Gasteiger partial charge on any atom is 0.122 e. The Morgan fingerprint density at radius 2 is 1.41 bits per heavy atom. The molecule has 1 heterocycles. The van der Waals surface area contributed by atoms with Gasteiger partial charge in [0.1, 0.15) is 18.5 Å². The number of allylic oxidation sites excluding steroid dienone is 2. The highest BCUT2D eigenvalue weighted by molar-refractivity contribution is 5.47. The van der Waals surface area contributed by atoms with Crippen LogP contribution in [0.2, 0.25) is 0 Å². The van der Waals surface area contributed by atoms with Crippen molar-refractivity contribution in [3.8, 4) is 5.75 Å². The topological polar surface area (TPSA) is 40.2 Å². The summed E-state index contributed by atoms with van der Waals surface area (Å²) in [6, 6.07) is 13.2. The van der Waals surface area contributed by atoms with E-state index in [2.05, 4.69) is 70.3 Å². The van der Waals surface area contributed by atoms with Gasteiger partial charge in [-0.3, -0.25) is 0 Å².